The molecule has 0 radical (unpaired) electrons. The zero-order valence-electron chi connectivity index (χ0n) is 12.8. The molecule has 0 aliphatic rings. The Balaban J connectivity index is 1.86. The van der Waals surface area contributed by atoms with Crippen molar-refractivity contribution in [1.82, 2.24) is 29.3 Å². The summed E-state index contributed by atoms with van der Waals surface area (Å²) < 4.78 is 4.01. The molecule has 0 fully saturated rings. The van der Waals surface area contributed by atoms with Crippen LogP contribution in [0.1, 0.15) is 0 Å². The standard InChI is InChI=1S/C17H14N6/c1-22-9-13(12-8-18-4-3-15(12)22)14-5-11-16-10(7-20-23(16)2)6-19-17(11)21-14/h3-9H,1-2H3,(H,19,21). The first-order valence-electron chi connectivity index (χ1n) is 7.41. The molecule has 112 valence electrons. The Morgan fingerprint density at radius 2 is 2.00 bits per heavy atom. The molecule has 1 N–H and O–H groups in total. The number of aromatic amines is 1. The highest BCUT2D eigenvalue weighted by atomic mass is 15.2. The number of nitrogens with zero attached hydrogens (tertiary/aromatic N) is 5. The van der Waals surface area contributed by atoms with E-state index in [2.05, 4.69) is 36.9 Å². The average molecular weight is 302 g/mol. The van der Waals surface area contributed by atoms with E-state index < -0.39 is 0 Å². The normalized spacial score (nSPS) is 11.9. The van der Waals surface area contributed by atoms with Gasteiger partial charge in [-0.2, -0.15) is 5.10 Å². The molecule has 0 bridgehead atoms. The summed E-state index contributed by atoms with van der Waals surface area (Å²) in [6, 6.07) is 4.17. The van der Waals surface area contributed by atoms with Gasteiger partial charge in [0.25, 0.3) is 0 Å². The van der Waals surface area contributed by atoms with Gasteiger partial charge >= 0.3 is 0 Å². The SMILES string of the molecule is Cn1cc(-c2cc3c(ncc4cnn(C)c43)[nH]2)c2cnccc21. The zero-order chi connectivity index (χ0) is 15.6. The van der Waals surface area contributed by atoms with Crippen molar-refractivity contribution in [3.63, 3.8) is 0 Å². The van der Waals surface area contributed by atoms with E-state index in [0.29, 0.717) is 0 Å². The van der Waals surface area contributed by atoms with Crippen molar-refractivity contribution in [2.75, 3.05) is 0 Å². The molecule has 0 aliphatic carbocycles. The lowest BCUT2D eigenvalue weighted by molar-refractivity contribution is 0.799. The minimum absolute atomic E-state index is 0.872. The fraction of sp³-hybridized carbons (Fsp3) is 0.118. The van der Waals surface area contributed by atoms with Crippen molar-refractivity contribution in [3.05, 3.63) is 43.1 Å². The van der Waals surface area contributed by atoms with Crippen molar-refractivity contribution < 1.29 is 0 Å². The van der Waals surface area contributed by atoms with Crippen LogP contribution in [0.15, 0.2) is 43.1 Å². The van der Waals surface area contributed by atoms with Gasteiger partial charge < -0.3 is 9.55 Å². The second kappa shape index (κ2) is 4.19. The van der Waals surface area contributed by atoms with E-state index in [1.54, 1.807) is 0 Å². The summed E-state index contributed by atoms with van der Waals surface area (Å²) in [5, 5.41) is 7.59. The highest BCUT2D eigenvalue weighted by molar-refractivity contribution is 6.05. The molecule has 0 unspecified atom stereocenters. The van der Waals surface area contributed by atoms with Gasteiger partial charge in [-0.15, -0.1) is 0 Å². The summed E-state index contributed by atoms with van der Waals surface area (Å²) in [6.45, 7) is 0. The quantitative estimate of drug-likeness (QED) is 0.517. The molecule has 6 nitrogen and oxygen atoms in total. The largest absolute Gasteiger partial charge is 0.350 e. The first-order chi connectivity index (χ1) is 11.2. The van der Waals surface area contributed by atoms with Gasteiger partial charge in [-0.25, -0.2) is 4.98 Å². The summed E-state index contributed by atoms with van der Waals surface area (Å²) in [5.74, 6) is 0. The lowest BCUT2D eigenvalue weighted by Gasteiger charge is -1.94. The molecule has 0 spiro atoms. The molecule has 23 heavy (non-hydrogen) atoms. The molecule has 5 aromatic heterocycles. The highest BCUT2D eigenvalue weighted by Gasteiger charge is 2.14. The maximum atomic E-state index is 4.52. The van der Waals surface area contributed by atoms with Gasteiger partial charge in [0.15, 0.2) is 0 Å². The van der Waals surface area contributed by atoms with Crippen LogP contribution in [0.3, 0.4) is 0 Å². The van der Waals surface area contributed by atoms with E-state index in [4.69, 9.17) is 0 Å². The minimum atomic E-state index is 0.872. The van der Waals surface area contributed by atoms with Crippen LogP contribution in [0, 0.1) is 0 Å². The average Bonchev–Trinajstić information content (AvgIpc) is 3.23. The number of pyridine rings is 2. The highest BCUT2D eigenvalue weighted by Crippen LogP contribution is 2.32. The monoisotopic (exact) mass is 302 g/mol. The number of aromatic nitrogens is 6. The third-order valence-electron chi connectivity index (χ3n) is 4.43. The van der Waals surface area contributed by atoms with Crippen LogP contribution >= 0.6 is 0 Å². The Bertz CT molecular complexity index is 1190. The van der Waals surface area contributed by atoms with Crippen LogP contribution in [0.25, 0.3) is 44.1 Å². The van der Waals surface area contributed by atoms with Crippen LogP contribution in [-0.2, 0) is 14.1 Å². The number of H-pyrrole nitrogens is 1. The maximum absolute atomic E-state index is 4.52. The molecule has 0 atom stereocenters. The number of hydrogen-bond donors (Lipinski definition) is 1. The fourth-order valence-corrected chi connectivity index (χ4v) is 3.33. The Labute approximate surface area is 131 Å². The predicted molar refractivity (Wildman–Crippen MR) is 90.1 cm³/mol. The Morgan fingerprint density at radius 1 is 1.09 bits per heavy atom. The van der Waals surface area contributed by atoms with E-state index >= 15 is 0 Å². The summed E-state index contributed by atoms with van der Waals surface area (Å²) >= 11 is 0. The second-order valence-corrected chi connectivity index (χ2v) is 5.82. The molecule has 5 heterocycles. The Kier molecular flexibility index (Phi) is 2.26. The van der Waals surface area contributed by atoms with Crippen LogP contribution in [-0.4, -0.2) is 29.3 Å². The minimum Gasteiger partial charge on any atom is -0.350 e. The molecule has 5 rings (SSSR count). The summed E-state index contributed by atoms with van der Waals surface area (Å²) in [6.07, 6.45) is 9.55. The van der Waals surface area contributed by atoms with E-state index in [-0.39, 0.29) is 0 Å². The van der Waals surface area contributed by atoms with Crippen molar-refractivity contribution in [2.45, 2.75) is 0 Å². The third-order valence-corrected chi connectivity index (χ3v) is 4.43. The zero-order valence-corrected chi connectivity index (χ0v) is 12.8. The topological polar surface area (TPSA) is 64.3 Å². The fourth-order valence-electron chi connectivity index (χ4n) is 3.33. The van der Waals surface area contributed by atoms with Crippen molar-refractivity contribution in [3.8, 4) is 11.3 Å². The van der Waals surface area contributed by atoms with Gasteiger partial charge in [-0.3, -0.25) is 9.67 Å². The molecule has 0 aromatic carbocycles. The second-order valence-electron chi connectivity index (χ2n) is 5.82. The van der Waals surface area contributed by atoms with E-state index in [9.17, 15) is 0 Å². The molecule has 0 saturated heterocycles. The van der Waals surface area contributed by atoms with Gasteiger partial charge in [0.1, 0.15) is 5.65 Å². The van der Waals surface area contributed by atoms with Gasteiger partial charge in [-0.05, 0) is 12.1 Å². The van der Waals surface area contributed by atoms with Crippen molar-refractivity contribution in [2.24, 2.45) is 14.1 Å². The summed E-state index contributed by atoms with van der Waals surface area (Å²) in [7, 11) is 4.00. The van der Waals surface area contributed by atoms with Crippen molar-refractivity contribution >= 4 is 32.8 Å². The van der Waals surface area contributed by atoms with Gasteiger partial charge in [0.05, 0.1) is 17.2 Å². The third kappa shape index (κ3) is 1.60. The lowest BCUT2D eigenvalue weighted by Crippen LogP contribution is -1.89. The van der Waals surface area contributed by atoms with Crippen molar-refractivity contribution in [1.29, 1.82) is 0 Å². The molecule has 0 saturated carbocycles. The van der Waals surface area contributed by atoms with E-state index in [1.807, 2.05) is 49.6 Å². The molecule has 5 aromatic rings. The molecular formula is C17H14N6. The number of aryl methyl sites for hydroxylation is 2. The van der Waals surface area contributed by atoms with E-state index in [0.717, 1.165) is 44.1 Å². The lowest BCUT2D eigenvalue weighted by atomic mass is 10.1. The number of hydrogen-bond acceptors (Lipinski definition) is 3. The van der Waals surface area contributed by atoms with Gasteiger partial charge in [0, 0.05) is 66.3 Å². The van der Waals surface area contributed by atoms with E-state index in [1.165, 1.54) is 0 Å². The molecule has 0 aliphatic heterocycles. The van der Waals surface area contributed by atoms with Crippen LogP contribution in [0.5, 0.6) is 0 Å². The first-order valence-corrected chi connectivity index (χ1v) is 7.41. The molecule has 6 heteroatoms. The van der Waals surface area contributed by atoms with Crippen LogP contribution in [0.4, 0.5) is 0 Å². The van der Waals surface area contributed by atoms with Crippen LogP contribution < -0.4 is 0 Å². The predicted octanol–water partition coefficient (Wildman–Crippen LogP) is 3.00. The Hall–Kier alpha value is -3.15. The van der Waals surface area contributed by atoms with Gasteiger partial charge in [-0.1, -0.05) is 0 Å². The summed E-state index contributed by atoms with van der Waals surface area (Å²) in [4.78, 5) is 12.2. The number of nitrogens with one attached hydrogen (secondary N) is 1. The summed E-state index contributed by atoms with van der Waals surface area (Å²) in [5.41, 5.74) is 5.30. The van der Waals surface area contributed by atoms with Crippen LogP contribution in [0.2, 0.25) is 0 Å². The smallest absolute Gasteiger partial charge is 0.139 e. The molecule has 0 amide bonds. The first kappa shape index (κ1) is 12.4. The van der Waals surface area contributed by atoms with Gasteiger partial charge in [0.2, 0.25) is 0 Å². The molecular weight excluding hydrogens is 288 g/mol. The Morgan fingerprint density at radius 3 is 2.91 bits per heavy atom. The maximum Gasteiger partial charge on any atom is 0.139 e. The number of fused-ring (bicyclic) bond motifs is 4. The number of rotatable bonds is 1.